The number of benzene rings is 2. The maximum absolute atomic E-state index is 14.1. The minimum atomic E-state index is -1.21. The van der Waals surface area contributed by atoms with Gasteiger partial charge in [0.05, 0.1) is 17.9 Å². The van der Waals surface area contributed by atoms with Crippen LogP contribution in [-0.2, 0) is 25.7 Å². The molecule has 38 heavy (non-hydrogen) atoms. The van der Waals surface area contributed by atoms with Crippen molar-refractivity contribution in [1.29, 1.82) is 0 Å². The van der Waals surface area contributed by atoms with Gasteiger partial charge in [0.25, 0.3) is 0 Å². The monoisotopic (exact) mass is 553 g/mol. The summed E-state index contributed by atoms with van der Waals surface area (Å²) in [6.45, 7) is 0.251. The maximum Gasteiger partial charge on any atom is 0.246 e. The molecule has 1 aliphatic carbocycles. The highest BCUT2D eigenvalue weighted by Gasteiger charge is 2.72. The van der Waals surface area contributed by atoms with E-state index in [0.29, 0.717) is 15.7 Å². The van der Waals surface area contributed by atoms with Crippen LogP contribution < -0.4 is 10.6 Å². The molecule has 1 spiro atoms. The van der Waals surface area contributed by atoms with E-state index in [-0.39, 0.29) is 30.3 Å². The van der Waals surface area contributed by atoms with Crippen LogP contribution in [0.15, 0.2) is 60.7 Å². The lowest BCUT2D eigenvalue weighted by Crippen LogP contribution is -2.56. The fourth-order valence-corrected chi connectivity index (χ4v) is 7.12. The number of halogens is 2. The van der Waals surface area contributed by atoms with Gasteiger partial charge in [-0.25, -0.2) is 0 Å². The number of hydrogen-bond acceptors (Lipinski definition) is 4. The number of rotatable bonds is 6. The zero-order chi connectivity index (χ0) is 26.4. The molecule has 3 amide bonds. The van der Waals surface area contributed by atoms with Crippen LogP contribution in [0.3, 0.4) is 0 Å². The van der Waals surface area contributed by atoms with Crippen LogP contribution in [-0.4, -0.2) is 46.4 Å². The summed E-state index contributed by atoms with van der Waals surface area (Å²) in [6, 6.07) is 13.6. The Bertz CT molecular complexity index is 1280. The van der Waals surface area contributed by atoms with Gasteiger partial charge in [-0.05, 0) is 36.6 Å². The van der Waals surface area contributed by atoms with Gasteiger partial charge < -0.3 is 20.3 Å². The second kappa shape index (κ2) is 10.0. The van der Waals surface area contributed by atoms with E-state index in [1.165, 1.54) is 6.42 Å². The highest BCUT2D eigenvalue weighted by atomic mass is 35.5. The van der Waals surface area contributed by atoms with Crippen molar-refractivity contribution in [3.63, 3.8) is 0 Å². The second-order valence-corrected chi connectivity index (χ2v) is 11.5. The summed E-state index contributed by atoms with van der Waals surface area (Å²) in [6.07, 6.45) is 8.20. The molecular formula is C29H29Cl2N3O4. The van der Waals surface area contributed by atoms with E-state index in [2.05, 4.69) is 10.6 Å². The van der Waals surface area contributed by atoms with Crippen LogP contribution in [0.1, 0.15) is 37.7 Å². The number of carbonyl (C=O) groups excluding carboxylic acids is 3. The summed E-state index contributed by atoms with van der Waals surface area (Å²) in [5.74, 6) is -2.47. The van der Waals surface area contributed by atoms with Crippen LogP contribution in [0, 0.1) is 11.8 Å². The number of carbonyl (C=O) groups is 3. The molecule has 7 nitrogen and oxygen atoms in total. The van der Waals surface area contributed by atoms with Crippen molar-refractivity contribution in [2.24, 2.45) is 11.8 Å². The molecule has 0 unspecified atom stereocenters. The van der Waals surface area contributed by atoms with E-state index in [1.807, 2.05) is 42.5 Å². The van der Waals surface area contributed by atoms with Crippen molar-refractivity contribution < 1.29 is 19.1 Å². The Balaban J connectivity index is 1.32. The largest absolute Gasteiger partial charge is 0.359 e. The fourth-order valence-electron chi connectivity index (χ4n) is 6.60. The Kier molecular flexibility index (Phi) is 6.70. The number of hydrogen-bond donors (Lipinski definition) is 2. The predicted molar refractivity (Wildman–Crippen MR) is 145 cm³/mol. The molecule has 2 aromatic carbocycles. The number of ether oxygens (including phenoxy) is 1. The topological polar surface area (TPSA) is 87.7 Å². The van der Waals surface area contributed by atoms with Gasteiger partial charge in [0.15, 0.2) is 0 Å². The molecule has 2 saturated heterocycles. The first kappa shape index (κ1) is 25.4. The average molecular weight is 554 g/mol. The molecule has 2 aromatic rings. The molecule has 4 aliphatic rings. The van der Waals surface area contributed by atoms with Gasteiger partial charge >= 0.3 is 0 Å². The van der Waals surface area contributed by atoms with Crippen molar-refractivity contribution in [2.75, 3.05) is 5.32 Å². The smallest absolute Gasteiger partial charge is 0.246 e. The van der Waals surface area contributed by atoms with Crippen molar-refractivity contribution in [3.8, 4) is 0 Å². The molecule has 198 valence electrons. The minimum absolute atomic E-state index is 0.0784. The van der Waals surface area contributed by atoms with Gasteiger partial charge in [0.1, 0.15) is 11.6 Å². The second-order valence-electron chi connectivity index (χ2n) is 10.6. The Hall–Kier alpha value is -2.87. The third-order valence-corrected chi connectivity index (χ3v) is 8.64. The lowest BCUT2D eigenvalue weighted by molar-refractivity contribution is -0.142. The third-order valence-electron chi connectivity index (χ3n) is 8.20. The highest BCUT2D eigenvalue weighted by Crippen LogP contribution is 2.55. The van der Waals surface area contributed by atoms with Crippen LogP contribution >= 0.6 is 23.2 Å². The summed E-state index contributed by atoms with van der Waals surface area (Å²) >= 11 is 12.2. The summed E-state index contributed by atoms with van der Waals surface area (Å²) in [5.41, 5.74) is 0.135. The van der Waals surface area contributed by atoms with E-state index in [0.717, 1.165) is 31.2 Å². The minimum Gasteiger partial charge on any atom is -0.359 e. The van der Waals surface area contributed by atoms with E-state index < -0.39 is 29.6 Å². The van der Waals surface area contributed by atoms with E-state index in [1.54, 1.807) is 23.1 Å². The van der Waals surface area contributed by atoms with E-state index in [9.17, 15) is 14.4 Å². The summed E-state index contributed by atoms with van der Waals surface area (Å²) in [4.78, 5) is 43.1. The summed E-state index contributed by atoms with van der Waals surface area (Å²) in [7, 11) is 0. The molecule has 0 radical (unpaired) electrons. The molecule has 1 saturated carbocycles. The van der Waals surface area contributed by atoms with Gasteiger partial charge in [0.2, 0.25) is 17.7 Å². The fraction of sp³-hybridized carbons (Fsp3) is 0.414. The first-order valence-corrected chi connectivity index (χ1v) is 13.9. The normalized spacial score (nSPS) is 29.9. The van der Waals surface area contributed by atoms with Crippen molar-refractivity contribution in [2.45, 2.75) is 62.4 Å². The molecule has 3 heterocycles. The lowest BCUT2D eigenvalue weighted by Gasteiger charge is -2.34. The van der Waals surface area contributed by atoms with Gasteiger partial charge in [-0.15, -0.1) is 0 Å². The predicted octanol–water partition coefficient (Wildman–Crippen LogP) is 4.73. The van der Waals surface area contributed by atoms with E-state index in [4.69, 9.17) is 27.9 Å². The molecule has 3 fully saturated rings. The highest BCUT2D eigenvalue weighted by molar-refractivity contribution is 6.35. The molecule has 2 N–H and O–H groups in total. The Morgan fingerprint density at radius 2 is 1.71 bits per heavy atom. The zero-order valence-electron chi connectivity index (χ0n) is 20.7. The molecule has 3 aliphatic heterocycles. The third kappa shape index (κ3) is 4.40. The maximum atomic E-state index is 14.1. The molecule has 6 rings (SSSR count). The van der Waals surface area contributed by atoms with Crippen LogP contribution in [0.2, 0.25) is 10.0 Å². The molecule has 9 heteroatoms. The van der Waals surface area contributed by atoms with Gasteiger partial charge in [0, 0.05) is 28.3 Å². The molecule has 5 atom stereocenters. The number of nitrogens with zero attached hydrogens (tertiary/aromatic N) is 1. The van der Waals surface area contributed by atoms with Crippen molar-refractivity contribution >= 4 is 46.6 Å². The van der Waals surface area contributed by atoms with Gasteiger partial charge in [-0.1, -0.05) is 84.9 Å². The molecule has 0 aromatic heterocycles. The number of nitrogens with one attached hydrogen (secondary N) is 2. The molecular weight excluding hydrogens is 525 g/mol. The van der Waals surface area contributed by atoms with Crippen LogP contribution in [0.25, 0.3) is 0 Å². The lowest BCUT2D eigenvalue weighted by atomic mass is 9.74. The number of fused-ring (bicyclic) bond motifs is 1. The first-order valence-electron chi connectivity index (χ1n) is 13.1. The quantitative estimate of drug-likeness (QED) is 0.506. The van der Waals surface area contributed by atoms with Crippen LogP contribution in [0.5, 0.6) is 0 Å². The van der Waals surface area contributed by atoms with Crippen LogP contribution in [0.4, 0.5) is 5.69 Å². The zero-order valence-corrected chi connectivity index (χ0v) is 22.3. The first-order chi connectivity index (χ1) is 18.4. The average Bonchev–Trinajstić information content (AvgIpc) is 3.52. The van der Waals surface area contributed by atoms with Crippen molar-refractivity contribution in [1.82, 2.24) is 10.2 Å². The number of anilines is 1. The molecule has 2 bridgehead atoms. The SMILES string of the molecule is O=C(Nc1cc(Cl)cc(Cl)c1)[C@H]1[C@@H]2C=C[C@]3(O2)[C@@H]1C(=O)N(Cc1ccccc1)[C@H]3C(=O)NC1CCCCC1. The number of likely N-dealkylation sites (tertiary alicyclic amines) is 1. The van der Waals surface area contributed by atoms with Gasteiger partial charge in [-0.3, -0.25) is 14.4 Å². The summed E-state index contributed by atoms with van der Waals surface area (Å²) < 4.78 is 6.42. The number of amides is 3. The standard InChI is InChI=1S/C29H29Cl2N3O4/c30-18-13-19(31)15-21(14-18)33-26(35)23-22-11-12-29(38-22)24(23)28(37)34(16-17-7-3-1-4-8-17)25(29)27(36)32-20-9-5-2-6-10-20/h1,3-4,7-8,11-15,20,22-25H,2,5-6,9-10,16H2,(H,32,36)(H,33,35)/t22-,23-,24-,25-,29-/m0/s1. The Morgan fingerprint density at radius 3 is 2.42 bits per heavy atom. The summed E-state index contributed by atoms with van der Waals surface area (Å²) in [5, 5.41) is 6.84. The van der Waals surface area contributed by atoms with Gasteiger partial charge in [-0.2, -0.15) is 0 Å². The Morgan fingerprint density at radius 1 is 1.00 bits per heavy atom. The van der Waals surface area contributed by atoms with E-state index >= 15 is 0 Å². The Labute approximate surface area is 231 Å². The van der Waals surface area contributed by atoms with Crippen molar-refractivity contribution in [3.05, 3.63) is 76.3 Å².